The number of hydrogen-bond donors (Lipinski definition) is 2. The Morgan fingerprint density at radius 1 is 0.826 bits per heavy atom. The maximum Gasteiger partial charge on any atom is 0.312 e. The first kappa shape index (κ1) is 14.9. The summed E-state index contributed by atoms with van der Waals surface area (Å²) in [4.78, 5) is 23.7. The largest absolute Gasteiger partial charge is 0.312 e. The zero-order chi connectivity index (χ0) is 16.2. The standard InChI is InChI=1S/C16H11ClN4O2/c17-11-8-6-10(7-9-11)13-14(15(22)16(23)21-19-13)20-18-12-4-2-1-3-5-12/h1-9H,(H,19,22)(H,21,23). The Kier molecular flexibility index (Phi) is 4.16. The Hall–Kier alpha value is -2.99. The highest BCUT2D eigenvalue weighted by molar-refractivity contribution is 6.30. The molecule has 0 unspecified atom stereocenters. The van der Waals surface area contributed by atoms with Gasteiger partial charge in [0, 0.05) is 10.6 Å². The summed E-state index contributed by atoms with van der Waals surface area (Å²) in [6.07, 6.45) is 0. The van der Waals surface area contributed by atoms with Crippen molar-refractivity contribution < 1.29 is 0 Å². The van der Waals surface area contributed by atoms with E-state index < -0.39 is 11.0 Å². The SMILES string of the molecule is O=c1[nH][nH]c(-c2ccc(Cl)cc2)c(N=Nc2ccccc2)c1=O. The van der Waals surface area contributed by atoms with Crippen LogP contribution in [0.4, 0.5) is 11.4 Å². The van der Waals surface area contributed by atoms with E-state index in [4.69, 9.17) is 11.6 Å². The fourth-order valence-electron chi connectivity index (χ4n) is 1.98. The van der Waals surface area contributed by atoms with Crippen LogP contribution in [0, 0.1) is 0 Å². The number of aromatic nitrogens is 2. The second-order valence-corrected chi connectivity index (χ2v) is 5.11. The van der Waals surface area contributed by atoms with Crippen molar-refractivity contribution in [3.8, 4) is 11.3 Å². The van der Waals surface area contributed by atoms with Crippen LogP contribution in [0.1, 0.15) is 0 Å². The summed E-state index contributed by atoms with van der Waals surface area (Å²) in [7, 11) is 0. The quantitative estimate of drug-likeness (QED) is 0.566. The number of halogens is 1. The normalized spacial score (nSPS) is 11.0. The molecule has 1 heterocycles. The van der Waals surface area contributed by atoms with Crippen LogP contribution in [0.15, 0.2) is 74.4 Å². The summed E-state index contributed by atoms with van der Waals surface area (Å²) in [5.41, 5.74) is 0.00276. The molecule has 0 saturated heterocycles. The number of H-pyrrole nitrogens is 2. The molecule has 2 aromatic carbocycles. The van der Waals surface area contributed by atoms with Gasteiger partial charge in [-0.3, -0.25) is 19.8 Å². The molecule has 7 heteroatoms. The van der Waals surface area contributed by atoms with Gasteiger partial charge in [-0.15, -0.1) is 5.11 Å². The third-order valence-corrected chi connectivity index (χ3v) is 3.37. The minimum atomic E-state index is -0.787. The molecule has 0 bridgehead atoms. The van der Waals surface area contributed by atoms with Gasteiger partial charge in [0.05, 0.1) is 11.4 Å². The Morgan fingerprint density at radius 3 is 2.22 bits per heavy atom. The van der Waals surface area contributed by atoms with E-state index in [1.807, 2.05) is 6.07 Å². The monoisotopic (exact) mass is 326 g/mol. The summed E-state index contributed by atoms with van der Waals surface area (Å²) >= 11 is 5.86. The lowest BCUT2D eigenvalue weighted by Crippen LogP contribution is -2.27. The van der Waals surface area contributed by atoms with Crippen molar-refractivity contribution in [1.29, 1.82) is 0 Å². The number of nitrogens with one attached hydrogen (secondary N) is 2. The molecule has 0 radical (unpaired) electrons. The third kappa shape index (κ3) is 3.27. The van der Waals surface area contributed by atoms with Crippen LogP contribution in [0.2, 0.25) is 5.02 Å². The molecular weight excluding hydrogens is 316 g/mol. The van der Waals surface area contributed by atoms with Crippen LogP contribution in [-0.4, -0.2) is 10.2 Å². The molecule has 0 fully saturated rings. The highest BCUT2D eigenvalue weighted by Gasteiger charge is 2.12. The molecule has 0 amide bonds. The van der Waals surface area contributed by atoms with Crippen LogP contribution >= 0.6 is 11.6 Å². The smallest absolute Gasteiger partial charge is 0.295 e. The summed E-state index contributed by atoms with van der Waals surface area (Å²) < 4.78 is 0. The Balaban J connectivity index is 2.13. The molecule has 1 aromatic heterocycles. The summed E-state index contributed by atoms with van der Waals surface area (Å²) in [6.45, 7) is 0. The van der Waals surface area contributed by atoms with Crippen LogP contribution < -0.4 is 11.0 Å². The zero-order valence-corrected chi connectivity index (χ0v) is 12.5. The van der Waals surface area contributed by atoms with E-state index in [-0.39, 0.29) is 5.69 Å². The fourth-order valence-corrected chi connectivity index (χ4v) is 2.11. The van der Waals surface area contributed by atoms with Crippen molar-refractivity contribution in [2.24, 2.45) is 10.2 Å². The van der Waals surface area contributed by atoms with Crippen molar-refractivity contribution in [1.82, 2.24) is 10.2 Å². The fraction of sp³-hybridized carbons (Fsp3) is 0. The first-order valence-electron chi connectivity index (χ1n) is 6.73. The third-order valence-electron chi connectivity index (χ3n) is 3.11. The lowest BCUT2D eigenvalue weighted by atomic mass is 10.1. The molecule has 3 aromatic rings. The van der Waals surface area contributed by atoms with Gasteiger partial charge in [0.15, 0.2) is 5.69 Å². The lowest BCUT2D eigenvalue weighted by Gasteiger charge is -2.04. The minimum Gasteiger partial charge on any atom is -0.295 e. The van der Waals surface area contributed by atoms with E-state index in [2.05, 4.69) is 20.4 Å². The highest BCUT2D eigenvalue weighted by Crippen LogP contribution is 2.26. The Morgan fingerprint density at radius 2 is 1.52 bits per heavy atom. The van der Waals surface area contributed by atoms with Crippen molar-refractivity contribution in [2.45, 2.75) is 0 Å². The van der Waals surface area contributed by atoms with Gasteiger partial charge in [-0.25, -0.2) is 0 Å². The maximum absolute atomic E-state index is 12.1. The first-order valence-corrected chi connectivity index (χ1v) is 7.10. The van der Waals surface area contributed by atoms with Gasteiger partial charge in [-0.1, -0.05) is 41.9 Å². The van der Waals surface area contributed by atoms with Gasteiger partial charge in [-0.2, -0.15) is 5.11 Å². The number of benzene rings is 2. The predicted octanol–water partition coefficient (Wildman–Crippen LogP) is 3.80. The van der Waals surface area contributed by atoms with Gasteiger partial charge in [0.1, 0.15) is 0 Å². The summed E-state index contributed by atoms with van der Waals surface area (Å²) in [5, 5.41) is 13.5. The van der Waals surface area contributed by atoms with Crippen molar-refractivity contribution in [3.05, 3.63) is 80.2 Å². The van der Waals surface area contributed by atoms with Crippen molar-refractivity contribution in [2.75, 3.05) is 0 Å². The number of hydrogen-bond acceptors (Lipinski definition) is 4. The van der Waals surface area contributed by atoms with E-state index in [1.54, 1.807) is 48.5 Å². The second-order valence-electron chi connectivity index (χ2n) is 4.67. The zero-order valence-electron chi connectivity index (χ0n) is 11.8. The van der Waals surface area contributed by atoms with Crippen molar-refractivity contribution >= 4 is 23.0 Å². The molecule has 114 valence electrons. The first-order chi connectivity index (χ1) is 11.1. The molecule has 0 aliphatic carbocycles. The molecule has 3 rings (SSSR count). The lowest BCUT2D eigenvalue weighted by molar-refractivity contribution is 0.970. The maximum atomic E-state index is 12.1. The molecule has 0 saturated carbocycles. The molecule has 6 nitrogen and oxygen atoms in total. The minimum absolute atomic E-state index is 0.0556. The summed E-state index contributed by atoms with van der Waals surface area (Å²) in [6, 6.07) is 15.7. The van der Waals surface area contributed by atoms with E-state index in [0.29, 0.717) is 22.0 Å². The van der Waals surface area contributed by atoms with Gasteiger partial charge < -0.3 is 0 Å². The number of azo groups is 1. The molecule has 23 heavy (non-hydrogen) atoms. The number of rotatable bonds is 3. The van der Waals surface area contributed by atoms with Crippen molar-refractivity contribution in [3.63, 3.8) is 0 Å². The van der Waals surface area contributed by atoms with E-state index in [0.717, 1.165) is 0 Å². The molecule has 0 atom stereocenters. The van der Waals surface area contributed by atoms with Gasteiger partial charge in [0.2, 0.25) is 0 Å². The Bertz CT molecular complexity index is 960. The van der Waals surface area contributed by atoms with E-state index in [9.17, 15) is 9.59 Å². The highest BCUT2D eigenvalue weighted by atomic mass is 35.5. The second kappa shape index (κ2) is 6.41. The molecule has 0 spiro atoms. The summed E-state index contributed by atoms with van der Waals surface area (Å²) in [5.74, 6) is 0. The van der Waals surface area contributed by atoms with Crippen LogP contribution in [-0.2, 0) is 0 Å². The van der Waals surface area contributed by atoms with Crippen LogP contribution in [0.25, 0.3) is 11.3 Å². The van der Waals surface area contributed by atoms with Crippen LogP contribution in [0.5, 0.6) is 0 Å². The average molecular weight is 327 g/mol. The number of nitrogens with zero attached hydrogens (tertiary/aromatic N) is 2. The van der Waals surface area contributed by atoms with Gasteiger partial charge >= 0.3 is 5.56 Å². The average Bonchev–Trinajstić information content (AvgIpc) is 2.58. The molecular formula is C16H11ClN4O2. The van der Waals surface area contributed by atoms with E-state index in [1.165, 1.54) is 0 Å². The van der Waals surface area contributed by atoms with E-state index >= 15 is 0 Å². The predicted molar refractivity (Wildman–Crippen MR) is 88.7 cm³/mol. The molecule has 2 N–H and O–H groups in total. The number of aromatic amines is 2. The topological polar surface area (TPSA) is 90.4 Å². The molecule has 0 aliphatic rings. The molecule has 0 aliphatic heterocycles. The van der Waals surface area contributed by atoms with Gasteiger partial charge in [0.25, 0.3) is 5.43 Å². The Labute approximate surface area is 135 Å². The van der Waals surface area contributed by atoms with Gasteiger partial charge in [-0.05, 0) is 24.3 Å². The van der Waals surface area contributed by atoms with Crippen LogP contribution in [0.3, 0.4) is 0 Å².